The highest BCUT2D eigenvalue weighted by atomic mass is 35.5. The Labute approximate surface area is 182 Å². The number of ether oxygens (including phenoxy) is 1. The number of halogens is 1. The van der Waals surface area contributed by atoms with Gasteiger partial charge in [-0.3, -0.25) is 10.1 Å². The topological polar surface area (TPSA) is 102 Å². The number of anilines is 1. The van der Waals surface area contributed by atoms with E-state index < -0.39 is 17.4 Å². The molecule has 0 spiro atoms. The number of nitrogens with two attached hydrogens (primary N) is 1. The van der Waals surface area contributed by atoms with Crippen LogP contribution in [0.5, 0.6) is 11.5 Å². The molecule has 2 amide bonds. The van der Waals surface area contributed by atoms with Crippen LogP contribution >= 0.6 is 11.6 Å². The Morgan fingerprint density at radius 3 is 2.10 bits per heavy atom. The van der Waals surface area contributed by atoms with E-state index >= 15 is 0 Å². The Morgan fingerprint density at radius 1 is 1.03 bits per heavy atom. The van der Waals surface area contributed by atoms with Crippen molar-refractivity contribution in [3.63, 3.8) is 0 Å². The molecule has 6 nitrogen and oxygen atoms in total. The van der Waals surface area contributed by atoms with Crippen molar-refractivity contribution < 1.29 is 19.4 Å². The number of nitrogens with one attached hydrogen (secondary N) is 1. The van der Waals surface area contributed by atoms with Gasteiger partial charge in [0.25, 0.3) is 5.91 Å². The van der Waals surface area contributed by atoms with E-state index in [-0.39, 0.29) is 27.5 Å². The van der Waals surface area contributed by atoms with Crippen LogP contribution in [-0.4, -0.2) is 17.1 Å². The van der Waals surface area contributed by atoms with Gasteiger partial charge in [-0.2, -0.15) is 0 Å². The zero-order valence-corrected chi connectivity index (χ0v) is 19.2. The molecule has 0 saturated heterocycles. The van der Waals surface area contributed by atoms with E-state index in [1.165, 1.54) is 6.07 Å². The van der Waals surface area contributed by atoms with Gasteiger partial charge in [0.1, 0.15) is 11.5 Å². The Bertz CT molecular complexity index is 978. The first-order chi connectivity index (χ1) is 13.6. The average Bonchev–Trinajstić information content (AvgIpc) is 2.57. The second-order valence-electron chi connectivity index (χ2n) is 9.40. The Balaban J connectivity index is 2.52. The van der Waals surface area contributed by atoms with Crippen LogP contribution in [0.3, 0.4) is 0 Å². The SMILES string of the molecule is Cc1cc(NC(=O)Oc2c(C(N)=O)cc(C(C)(C)C)cc2C(C)(C)C)cc(Cl)c1O. The number of carbonyl (C=O) groups excluding carboxylic acids is 2. The maximum Gasteiger partial charge on any atom is 0.417 e. The molecule has 162 valence electrons. The molecule has 2 aromatic carbocycles. The predicted octanol–water partition coefficient (Wildman–Crippen LogP) is 5.66. The summed E-state index contributed by atoms with van der Waals surface area (Å²) < 4.78 is 5.59. The normalized spacial score (nSPS) is 11.9. The maximum absolute atomic E-state index is 12.6. The number of phenols is 1. The smallest absolute Gasteiger partial charge is 0.417 e. The lowest BCUT2D eigenvalue weighted by molar-refractivity contribution is 0.0997. The van der Waals surface area contributed by atoms with Gasteiger partial charge in [0.05, 0.1) is 10.6 Å². The van der Waals surface area contributed by atoms with E-state index in [4.69, 9.17) is 22.1 Å². The summed E-state index contributed by atoms with van der Waals surface area (Å²) in [5.41, 5.74) is 7.58. The first-order valence-electron chi connectivity index (χ1n) is 9.58. The highest BCUT2D eigenvalue weighted by Gasteiger charge is 2.29. The van der Waals surface area contributed by atoms with Gasteiger partial charge in [0.15, 0.2) is 0 Å². The Kier molecular flexibility index (Phi) is 6.43. The number of amides is 2. The lowest BCUT2D eigenvalue weighted by Crippen LogP contribution is -2.25. The van der Waals surface area contributed by atoms with E-state index in [1.807, 2.05) is 47.6 Å². The number of hydrogen-bond acceptors (Lipinski definition) is 4. The summed E-state index contributed by atoms with van der Waals surface area (Å²) in [4.78, 5) is 24.8. The number of aromatic hydroxyl groups is 1. The third-order valence-corrected chi connectivity index (χ3v) is 5.01. The van der Waals surface area contributed by atoms with E-state index in [1.54, 1.807) is 19.1 Å². The fourth-order valence-corrected chi connectivity index (χ4v) is 3.22. The van der Waals surface area contributed by atoms with E-state index in [0.717, 1.165) is 5.56 Å². The largest absolute Gasteiger partial charge is 0.506 e. The molecule has 0 aliphatic rings. The fourth-order valence-electron chi connectivity index (χ4n) is 2.96. The maximum atomic E-state index is 12.6. The average molecular weight is 433 g/mol. The molecule has 2 rings (SSSR count). The van der Waals surface area contributed by atoms with Gasteiger partial charge in [-0.1, -0.05) is 59.2 Å². The van der Waals surface area contributed by atoms with E-state index in [9.17, 15) is 14.7 Å². The number of aryl methyl sites for hydroxylation is 1. The van der Waals surface area contributed by atoms with Crippen molar-refractivity contribution in [2.45, 2.75) is 59.3 Å². The van der Waals surface area contributed by atoms with Crippen molar-refractivity contribution in [2.75, 3.05) is 5.32 Å². The third kappa shape index (κ3) is 5.25. The lowest BCUT2D eigenvalue weighted by Gasteiger charge is -2.28. The molecule has 0 heterocycles. The number of hydrogen-bond donors (Lipinski definition) is 3. The number of benzene rings is 2. The molecule has 30 heavy (non-hydrogen) atoms. The summed E-state index contributed by atoms with van der Waals surface area (Å²) in [7, 11) is 0. The van der Waals surface area contributed by atoms with Crippen LogP contribution in [0.25, 0.3) is 0 Å². The first-order valence-corrected chi connectivity index (χ1v) is 9.96. The van der Waals surface area contributed by atoms with Crippen molar-refractivity contribution in [1.29, 1.82) is 0 Å². The minimum atomic E-state index is -0.798. The molecule has 0 saturated carbocycles. The van der Waals surface area contributed by atoms with Crippen LogP contribution in [-0.2, 0) is 10.8 Å². The molecule has 0 radical (unpaired) electrons. The van der Waals surface area contributed by atoms with Gasteiger partial charge in [0.2, 0.25) is 0 Å². The molecule has 0 aliphatic carbocycles. The predicted molar refractivity (Wildman–Crippen MR) is 120 cm³/mol. The first kappa shape index (κ1) is 23.5. The molecule has 2 aromatic rings. The summed E-state index contributed by atoms with van der Waals surface area (Å²) >= 11 is 5.97. The van der Waals surface area contributed by atoms with E-state index in [0.29, 0.717) is 16.8 Å². The van der Waals surface area contributed by atoms with Gasteiger partial charge < -0.3 is 15.6 Å². The molecule has 7 heteroatoms. The van der Waals surface area contributed by atoms with Crippen LogP contribution in [0.15, 0.2) is 24.3 Å². The number of carbonyl (C=O) groups is 2. The van der Waals surface area contributed by atoms with E-state index in [2.05, 4.69) is 5.32 Å². The summed E-state index contributed by atoms with van der Waals surface area (Å²) in [6, 6.07) is 6.58. The Hall–Kier alpha value is -2.73. The zero-order valence-electron chi connectivity index (χ0n) is 18.4. The van der Waals surface area contributed by atoms with Crippen LogP contribution in [0, 0.1) is 6.92 Å². The minimum absolute atomic E-state index is 0.0561. The minimum Gasteiger partial charge on any atom is -0.506 e. The Morgan fingerprint density at radius 2 is 1.63 bits per heavy atom. The highest BCUT2D eigenvalue weighted by molar-refractivity contribution is 6.32. The van der Waals surface area contributed by atoms with Gasteiger partial charge in [0, 0.05) is 11.3 Å². The van der Waals surface area contributed by atoms with Gasteiger partial charge in [-0.05, 0) is 47.1 Å². The van der Waals surface area contributed by atoms with Crippen molar-refractivity contribution in [3.05, 3.63) is 51.5 Å². The molecule has 0 aromatic heterocycles. The molecular formula is C23H29ClN2O4. The van der Waals surface area contributed by atoms with Crippen LogP contribution in [0.1, 0.15) is 68.6 Å². The molecular weight excluding hydrogens is 404 g/mol. The number of rotatable bonds is 3. The second-order valence-corrected chi connectivity index (χ2v) is 9.81. The van der Waals surface area contributed by atoms with Crippen molar-refractivity contribution >= 4 is 29.3 Å². The summed E-state index contributed by atoms with van der Waals surface area (Å²) in [5, 5.41) is 12.5. The van der Waals surface area contributed by atoms with Crippen molar-refractivity contribution in [3.8, 4) is 11.5 Å². The highest BCUT2D eigenvalue weighted by Crippen LogP contribution is 2.39. The molecule has 4 N–H and O–H groups in total. The second kappa shape index (κ2) is 8.19. The lowest BCUT2D eigenvalue weighted by atomic mass is 9.79. The van der Waals surface area contributed by atoms with Gasteiger partial charge in [-0.15, -0.1) is 0 Å². The standard InChI is InChI=1S/C23H29ClN2O4/c1-12-8-14(11-17(24)18(12)27)26-21(29)30-19-15(20(25)28)9-13(22(2,3)4)10-16(19)23(5,6)7/h8-11,27H,1-7H3,(H2,25,28)(H,26,29). The molecule has 0 aliphatic heterocycles. The molecule has 0 fully saturated rings. The summed E-state index contributed by atoms with van der Waals surface area (Å²) in [6.07, 6.45) is -0.798. The number of phenolic OH excluding ortho intramolecular Hbond substituents is 1. The molecule has 0 atom stereocenters. The monoisotopic (exact) mass is 432 g/mol. The zero-order chi connectivity index (χ0) is 23.0. The molecule has 0 unspecified atom stereocenters. The van der Waals surface area contributed by atoms with Gasteiger partial charge in [-0.25, -0.2) is 4.79 Å². The fraction of sp³-hybridized carbons (Fsp3) is 0.391. The van der Waals surface area contributed by atoms with Crippen LogP contribution in [0.2, 0.25) is 5.02 Å². The van der Waals surface area contributed by atoms with Crippen molar-refractivity contribution in [1.82, 2.24) is 0 Å². The van der Waals surface area contributed by atoms with Crippen LogP contribution in [0.4, 0.5) is 10.5 Å². The third-order valence-electron chi connectivity index (χ3n) is 4.72. The molecule has 0 bridgehead atoms. The quantitative estimate of drug-likeness (QED) is 0.544. The summed E-state index contributed by atoms with van der Waals surface area (Å²) in [6.45, 7) is 13.6. The number of primary amides is 1. The van der Waals surface area contributed by atoms with Gasteiger partial charge >= 0.3 is 6.09 Å². The van der Waals surface area contributed by atoms with Crippen molar-refractivity contribution in [2.24, 2.45) is 5.73 Å². The van der Waals surface area contributed by atoms with Crippen LogP contribution < -0.4 is 15.8 Å². The summed E-state index contributed by atoms with van der Waals surface area (Å²) in [5.74, 6) is -0.612.